The maximum Gasteiger partial charge on any atom is 0.126 e. The van der Waals surface area contributed by atoms with Crippen LogP contribution in [0.1, 0.15) is 16.7 Å². The van der Waals surface area contributed by atoms with E-state index in [1.807, 2.05) is 24.3 Å². The van der Waals surface area contributed by atoms with E-state index in [2.05, 4.69) is 25.1 Å². The topological polar surface area (TPSA) is 29.5 Å². The quantitative estimate of drug-likeness (QED) is 0.723. The van der Waals surface area contributed by atoms with Crippen LogP contribution in [0.4, 0.5) is 4.39 Å². The van der Waals surface area contributed by atoms with Crippen molar-refractivity contribution in [3.8, 4) is 22.6 Å². The molecule has 2 nitrogen and oxygen atoms in total. The van der Waals surface area contributed by atoms with Crippen molar-refractivity contribution in [1.29, 1.82) is 0 Å². The highest BCUT2D eigenvalue weighted by Crippen LogP contribution is 2.32. The molecule has 0 unspecified atom stereocenters. The van der Waals surface area contributed by atoms with Crippen molar-refractivity contribution in [3.63, 3.8) is 0 Å². The van der Waals surface area contributed by atoms with Gasteiger partial charge in [-0.05, 0) is 41.8 Å². The van der Waals surface area contributed by atoms with E-state index in [-0.39, 0.29) is 5.75 Å². The van der Waals surface area contributed by atoms with Crippen LogP contribution in [0.25, 0.3) is 11.1 Å². The molecule has 0 bridgehead atoms. The lowest BCUT2D eigenvalue weighted by Gasteiger charge is -2.12. The highest BCUT2D eigenvalue weighted by molar-refractivity contribution is 5.72. The Labute approximate surface area is 141 Å². The van der Waals surface area contributed by atoms with Crippen molar-refractivity contribution in [2.45, 2.75) is 13.3 Å². The molecule has 1 N–H and O–H groups in total. The van der Waals surface area contributed by atoms with E-state index in [0.717, 1.165) is 28.5 Å². The zero-order valence-corrected chi connectivity index (χ0v) is 13.7. The zero-order chi connectivity index (χ0) is 17.1. The average Bonchev–Trinajstić information content (AvgIpc) is 2.57. The predicted octanol–water partition coefficient (Wildman–Crippen LogP) is 5.11. The number of aromatic hydroxyl groups is 1. The van der Waals surface area contributed by atoms with E-state index < -0.39 is 5.82 Å². The number of halogens is 1. The first-order valence-electron chi connectivity index (χ1n) is 7.78. The molecule has 3 rings (SSSR count). The number of methoxy groups -OCH3 is 1. The van der Waals surface area contributed by atoms with Gasteiger partial charge in [0, 0.05) is 18.1 Å². The summed E-state index contributed by atoms with van der Waals surface area (Å²) in [5, 5.41) is 9.91. The molecule has 0 aliphatic carbocycles. The predicted molar refractivity (Wildman–Crippen MR) is 94.0 cm³/mol. The molecular formula is C21H19FO2. The molecule has 0 aliphatic rings. The number of aryl methyl sites for hydroxylation is 1. The van der Waals surface area contributed by atoms with Gasteiger partial charge in [-0.2, -0.15) is 0 Å². The SMILES string of the molecule is COc1ccc(Cc2ccc(F)cc2O)cc1-c1cccc(C)c1. The molecule has 0 saturated heterocycles. The van der Waals surface area contributed by atoms with Crippen molar-refractivity contribution in [1.82, 2.24) is 0 Å². The highest BCUT2D eigenvalue weighted by Gasteiger charge is 2.10. The van der Waals surface area contributed by atoms with E-state index in [9.17, 15) is 9.50 Å². The molecule has 3 aromatic rings. The maximum atomic E-state index is 13.1. The van der Waals surface area contributed by atoms with Crippen molar-refractivity contribution in [3.05, 3.63) is 83.2 Å². The van der Waals surface area contributed by atoms with Crippen LogP contribution in [-0.4, -0.2) is 12.2 Å². The van der Waals surface area contributed by atoms with Crippen LogP contribution >= 0.6 is 0 Å². The van der Waals surface area contributed by atoms with Crippen LogP contribution < -0.4 is 4.74 Å². The minimum atomic E-state index is -0.438. The standard InChI is InChI=1S/C21H19FO2/c1-14-4-3-5-16(10-14)19-12-15(6-9-21(19)24-2)11-17-7-8-18(22)13-20(17)23/h3-10,12-13,23H,11H2,1-2H3. The Morgan fingerprint density at radius 1 is 1.00 bits per heavy atom. The van der Waals surface area contributed by atoms with Gasteiger partial charge in [-0.1, -0.05) is 42.0 Å². The van der Waals surface area contributed by atoms with Crippen LogP contribution in [-0.2, 0) is 6.42 Å². The monoisotopic (exact) mass is 322 g/mol. The summed E-state index contributed by atoms with van der Waals surface area (Å²) in [6.45, 7) is 2.05. The summed E-state index contributed by atoms with van der Waals surface area (Å²) in [5.74, 6) is 0.335. The normalized spacial score (nSPS) is 10.6. The number of phenolic OH excluding ortho intramolecular Hbond substituents is 1. The summed E-state index contributed by atoms with van der Waals surface area (Å²) in [6, 6.07) is 18.3. The highest BCUT2D eigenvalue weighted by atomic mass is 19.1. The molecule has 0 saturated carbocycles. The van der Waals surface area contributed by atoms with Crippen LogP contribution in [0.3, 0.4) is 0 Å². The van der Waals surface area contributed by atoms with Gasteiger partial charge in [-0.15, -0.1) is 0 Å². The van der Waals surface area contributed by atoms with E-state index >= 15 is 0 Å². The maximum absolute atomic E-state index is 13.1. The molecule has 0 radical (unpaired) electrons. The third-order valence-corrected chi connectivity index (χ3v) is 4.03. The summed E-state index contributed by atoms with van der Waals surface area (Å²) in [5.41, 5.74) is 4.97. The Morgan fingerprint density at radius 2 is 1.83 bits per heavy atom. The molecule has 0 fully saturated rings. The fourth-order valence-corrected chi connectivity index (χ4v) is 2.81. The summed E-state index contributed by atoms with van der Waals surface area (Å²) in [6.07, 6.45) is 0.523. The van der Waals surface area contributed by atoms with Crippen LogP contribution in [0, 0.1) is 12.7 Å². The first kappa shape index (κ1) is 16.1. The Bertz CT molecular complexity index is 871. The lowest BCUT2D eigenvalue weighted by Crippen LogP contribution is -1.94. The van der Waals surface area contributed by atoms with Gasteiger partial charge >= 0.3 is 0 Å². The minimum Gasteiger partial charge on any atom is -0.508 e. The second-order valence-electron chi connectivity index (χ2n) is 5.85. The number of hydrogen-bond acceptors (Lipinski definition) is 2. The van der Waals surface area contributed by atoms with E-state index in [1.54, 1.807) is 13.2 Å². The third kappa shape index (κ3) is 3.40. The van der Waals surface area contributed by atoms with Gasteiger partial charge in [0.05, 0.1) is 7.11 Å². The number of rotatable bonds is 4. The zero-order valence-electron chi connectivity index (χ0n) is 13.7. The Balaban J connectivity index is 2.00. The fourth-order valence-electron chi connectivity index (χ4n) is 2.81. The third-order valence-electron chi connectivity index (χ3n) is 4.03. The largest absolute Gasteiger partial charge is 0.508 e. The van der Waals surface area contributed by atoms with Gasteiger partial charge in [0.15, 0.2) is 0 Å². The van der Waals surface area contributed by atoms with Gasteiger partial charge < -0.3 is 9.84 Å². The molecule has 0 aliphatic heterocycles. The molecule has 0 spiro atoms. The summed E-state index contributed by atoms with van der Waals surface area (Å²) in [7, 11) is 1.65. The van der Waals surface area contributed by atoms with Crippen LogP contribution in [0.5, 0.6) is 11.5 Å². The second kappa shape index (κ2) is 6.75. The summed E-state index contributed by atoms with van der Waals surface area (Å²) in [4.78, 5) is 0. The fraction of sp³-hybridized carbons (Fsp3) is 0.143. The average molecular weight is 322 g/mol. The first-order valence-corrected chi connectivity index (χ1v) is 7.78. The van der Waals surface area contributed by atoms with E-state index in [1.165, 1.54) is 11.6 Å². The molecule has 0 aromatic heterocycles. The van der Waals surface area contributed by atoms with Crippen LogP contribution in [0.15, 0.2) is 60.7 Å². The smallest absolute Gasteiger partial charge is 0.126 e. The Hall–Kier alpha value is -2.81. The molecule has 0 heterocycles. The number of hydrogen-bond donors (Lipinski definition) is 1. The summed E-state index contributed by atoms with van der Waals surface area (Å²) >= 11 is 0. The molecular weight excluding hydrogens is 303 g/mol. The molecule has 0 amide bonds. The summed E-state index contributed by atoms with van der Waals surface area (Å²) < 4.78 is 18.6. The van der Waals surface area contributed by atoms with Gasteiger partial charge in [0.2, 0.25) is 0 Å². The molecule has 24 heavy (non-hydrogen) atoms. The van der Waals surface area contributed by atoms with Gasteiger partial charge in [-0.25, -0.2) is 4.39 Å². The molecule has 3 aromatic carbocycles. The number of benzene rings is 3. The van der Waals surface area contributed by atoms with Crippen LogP contribution in [0.2, 0.25) is 0 Å². The lowest BCUT2D eigenvalue weighted by molar-refractivity contribution is 0.416. The number of phenols is 1. The van der Waals surface area contributed by atoms with Crippen molar-refractivity contribution >= 4 is 0 Å². The minimum absolute atomic E-state index is 0.0251. The van der Waals surface area contributed by atoms with Crippen molar-refractivity contribution < 1.29 is 14.2 Å². The van der Waals surface area contributed by atoms with Gasteiger partial charge in [0.1, 0.15) is 17.3 Å². The first-order chi connectivity index (χ1) is 11.6. The van der Waals surface area contributed by atoms with Gasteiger partial charge in [-0.3, -0.25) is 0 Å². The van der Waals surface area contributed by atoms with Crippen molar-refractivity contribution in [2.24, 2.45) is 0 Å². The van der Waals surface area contributed by atoms with E-state index in [4.69, 9.17) is 4.74 Å². The van der Waals surface area contributed by atoms with E-state index in [0.29, 0.717) is 12.0 Å². The Kier molecular flexibility index (Phi) is 4.52. The number of ether oxygens (including phenoxy) is 1. The Morgan fingerprint density at radius 3 is 2.54 bits per heavy atom. The lowest BCUT2D eigenvalue weighted by atomic mass is 9.97. The molecule has 3 heteroatoms. The molecule has 0 atom stereocenters. The molecule has 122 valence electrons. The van der Waals surface area contributed by atoms with Crippen molar-refractivity contribution in [2.75, 3.05) is 7.11 Å². The van der Waals surface area contributed by atoms with Gasteiger partial charge in [0.25, 0.3) is 0 Å². The second-order valence-corrected chi connectivity index (χ2v) is 5.85.